The van der Waals surface area contributed by atoms with Gasteiger partial charge < -0.3 is 14.2 Å². The Kier molecular flexibility index (Phi) is 5.95. The lowest BCUT2D eigenvalue weighted by Gasteiger charge is -2.43. The molecule has 1 aliphatic heterocycles. The summed E-state index contributed by atoms with van der Waals surface area (Å²) in [4.78, 5) is 28.9. The number of methoxy groups -OCH3 is 3. The number of rotatable bonds is 5. The number of carbonyl (C=O) groups excluding carboxylic acids is 2. The summed E-state index contributed by atoms with van der Waals surface area (Å²) < 4.78 is 16.5. The number of hydrogen-bond acceptors (Lipinski definition) is 5. The van der Waals surface area contributed by atoms with Crippen molar-refractivity contribution in [2.45, 2.75) is 46.0 Å². The van der Waals surface area contributed by atoms with Crippen LogP contribution in [0.2, 0.25) is 0 Å². The van der Waals surface area contributed by atoms with Crippen molar-refractivity contribution in [2.75, 3.05) is 26.2 Å². The quantitative estimate of drug-likeness (QED) is 0.629. The molecule has 2 aliphatic rings. The SMILES string of the molecule is COc1cc(C2CC(=O)N(c3ccccc3C)C3=C2C(=O)CC(C)(C)C3)cc(OC)c1OC. The minimum atomic E-state index is -0.370. The maximum atomic E-state index is 13.6. The van der Waals surface area contributed by atoms with Crippen molar-refractivity contribution in [3.05, 3.63) is 58.8 Å². The Hall–Kier alpha value is -3.28. The molecule has 6 heteroatoms. The van der Waals surface area contributed by atoms with Crippen molar-refractivity contribution in [1.82, 2.24) is 0 Å². The van der Waals surface area contributed by atoms with Crippen LogP contribution in [0, 0.1) is 12.3 Å². The first-order valence-corrected chi connectivity index (χ1v) is 11.2. The smallest absolute Gasteiger partial charge is 0.232 e. The van der Waals surface area contributed by atoms with Gasteiger partial charge in [-0.25, -0.2) is 0 Å². The molecule has 33 heavy (non-hydrogen) atoms. The van der Waals surface area contributed by atoms with E-state index in [1.807, 2.05) is 43.3 Å². The average Bonchev–Trinajstić information content (AvgIpc) is 2.77. The predicted molar refractivity (Wildman–Crippen MR) is 127 cm³/mol. The molecule has 0 radical (unpaired) electrons. The lowest BCUT2D eigenvalue weighted by molar-refractivity contribution is -0.121. The molecule has 0 fully saturated rings. The first kappa shape index (κ1) is 22.9. The summed E-state index contributed by atoms with van der Waals surface area (Å²) in [6.45, 7) is 6.15. The molecule has 1 heterocycles. The van der Waals surface area contributed by atoms with Crippen molar-refractivity contribution in [3.63, 3.8) is 0 Å². The second-order valence-electron chi connectivity index (χ2n) is 9.53. The number of nitrogens with zero attached hydrogens (tertiary/aromatic N) is 1. The number of allylic oxidation sites excluding steroid dienone is 2. The van der Waals surface area contributed by atoms with E-state index in [1.54, 1.807) is 26.2 Å². The highest BCUT2D eigenvalue weighted by Crippen LogP contribution is 2.50. The van der Waals surface area contributed by atoms with E-state index in [1.165, 1.54) is 0 Å². The zero-order chi connectivity index (χ0) is 23.9. The van der Waals surface area contributed by atoms with Crippen LogP contribution in [-0.2, 0) is 9.59 Å². The van der Waals surface area contributed by atoms with E-state index in [2.05, 4.69) is 13.8 Å². The second kappa shape index (κ2) is 8.58. The van der Waals surface area contributed by atoms with Crippen LogP contribution in [0.25, 0.3) is 0 Å². The molecule has 0 saturated heterocycles. The Balaban J connectivity index is 1.94. The van der Waals surface area contributed by atoms with Gasteiger partial charge in [-0.05, 0) is 48.1 Å². The molecule has 1 aliphatic carbocycles. The van der Waals surface area contributed by atoms with E-state index >= 15 is 0 Å². The molecule has 1 atom stereocenters. The minimum absolute atomic E-state index is 0.0210. The van der Waals surface area contributed by atoms with Gasteiger partial charge in [-0.2, -0.15) is 0 Å². The first-order valence-electron chi connectivity index (χ1n) is 11.2. The van der Waals surface area contributed by atoms with Gasteiger partial charge in [0.15, 0.2) is 17.3 Å². The number of aryl methyl sites for hydroxylation is 1. The van der Waals surface area contributed by atoms with Crippen LogP contribution in [-0.4, -0.2) is 33.0 Å². The van der Waals surface area contributed by atoms with Gasteiger partial charge in [-0.3, -0.25) is 14.5 Å². The third kappa shape index (κ3) is 3.99. The molecule has 1 unspecified atom stereocenters. The van der Waals surface area contributed by atoms with Crippen molar-refractivity contribution in [3.8, 4) is 17.2 Å². The highest BCUT2D eigenvalue weighted by atomic mass is 16.5. The summed E-state index contributed by atoms with van der Waals surface area (Å²) in [6.07, 6.45) is 1.29. The van der Waals surface area contributed by atoms with Crippen LogP contribution >= 0.6 is 0 Å². The lowest BCUT2D eigenvalue weighted by Crippen LogP contribution is -2.44. The first-order chi connectivity index (χ1) is 15.7. The third-order valence-corrected chi connectivity index (χ3v) is 6.59. The number of amides is 1. The molecule has 174 valence electrons. The summed E-state index contributed by atoms with van der Waals surface area (Å²) in [7, 11) is 4.68. The molecule has 0 saturated carbocycles. The predicted octanol–water partition coefficient (Wildman–Crippen LogP) is 5.18. The van der Waals surface area contributed by atoms with E-state index in [9.17, 15) is 9.59 Å². The van der Waals surface area contributed by atoms with Gasteiger partial charge in [0.2, 0.25) is 11.7 Å². The minimum Gasteiger partial charge on any atom is -0.493 e. The molecule has 2 aromatic rings. The number of Topliss-reactive ketones (excluding diaryl/α,β-unsaturated/α-hetero) is 1. The van der Waals surface area contributed by atoms with Crippen LogP contribution < -0.4 is 19.1 Å². The molecule has 0 spiro atoms. The maximum absolute atomic E-state index is 13.6. The van der Waals surface area contributed by atoms with Crippen molar-refractivity contribution in [1.29, 1.82) is 0 Å². The number of para-hydroxylation sites is 1. The van der Waals surface area contributed by atoms with Gasteiger partial charge in [-0.15, -0.1) is 0 Å². The Labute approximate surface area is 195 Å². The zero-order valence-corrected chi connectivity index (χ0v) is 20.2. The average molecular weight is 450 g/mol. The third-order valence-electron chi connectivity index (χ3n) is 6.59. The number of hydrogen-bond donors (Lipinski definition) is 0. The van der Waals surface area contributed by atoms with Crippen LogP contribution in [0.3, 0.4) is 0 Å². The molecule has 0 aromatic heterocycles. The van der Waals surface area contributed by atoms with Gasteiger partial charge in [0.25, 0.3) is 0 Å². The zero-order valence-electron chi connectivity index (χ0n) is 20.2. The van der Waals surface area contributed by atoms with E-state index < -0.39 is 0 Å². The molecule has 0 N–H and O–H groups in total. The van der Waals surface area contributed by atoms with Gasteiger partial charge in [-0.1, -0.05) is 32.0 Å². The standard InChI is InChI=1S/C27H31NO5/c1-16-9-7-8-10-19(16)28-20-14-27(2,3)15-21(29)25(20)18(13-24(28)30)17-11-22(31-4)26(33-6)23(12-17)32-5/h7-12,18H,13-15H2,1-6H3. The van der Waals surface area contributed by atoms with Crippen molar-refractivity contribution in [2.24, 2.45) is 5.41 Å². The van der Waals surface area contributed by atoms with Gasteiger partial charge in [0, 0.05) is 30.0 Å². The number of benzene rings is 2. The highest BCUT2D eigenvalue weighted by Gasteiger charge is 2.45. The summed E-state index contributed by atoms with van der Waals surface area (Å²) in [5.74, 6) is 1.19. The van der Waals surface area contributed by atoms with Crippen LogP contribution in [0.15, 0.2) is 47.7 Å². The molecule has 0 bridgehead atoms. The molecule has 2 aromatic carbocycles. The summed E-state index contributed by atoms with van der Waals surface area (Å²) in [5.41, 5.74) is 3.94. The van der Waals surface area contributed by atoms with Crippen LogP contribution in [0.1, 0.15) is 50.2 Å². The Morgan fingerprint density at radius 3 is 2.15 bits per heavy atom. The van der Waals surface area contributed by atoms with Gasteiger partial charge in [0.1, 0.15) is 0 Å². The number of carbonyl (C=O) groups is 2. The summed E-state index contributed by atoms with van der Waals surface area (Å²) in [6, 6.07) is 11.5. The number of ketones is 1. The molecule has 4 rings (SSSR count). The van der Waals surface area contributed by atoms with E-state index in [4.69, 9.17) is 14.2 Å². The topological polar surface area (TPSA) is 65.1 Å². The largest absolute Gasteiger partial charge is 0.493 e. The van der Waals surface area contributed by atoms with Gasteiger partial charge >= 0.3 is 0 Å². The van der Waals surface area contributed by atoms with E-state index in [-0.39, 0.29) is 29.4 Å². The molecular weight excluding hydrogens is 418 g/mol. The molecular formula is C27H31NO5. The monoisotopic (exact) mass is 449 g/mol. The van der Waals surface area contributed by atoms with Crippen LogP contribution in [0.5, 0.6) is 17.2 Å². The van der Waals surface area contributed by atoms with Crippen molar-refractivity contribution < 1.29 is 23.8 Å². The fourth-order valence-electron chi connectivity index (χ4n) is 5.10. The Morgan fingerprint density at radius 2 is 1.58 bits per heavy atom. The number of ether oxygens (including phenoxy) is 3. The summed E-state index contributed by atoms with van der Waals surface area (Å²) >= 11 is 0. The summed E-state index contributed by atoms with van der Waals surface area (Å²) in [5, 5.41) is 0. The second-order valence-corrected chi connectivity index (χ2v) is 9.53. The number of anilines is 1. The normalized spacial score (nSPS) is 19.9. The van der Waals surface area contributed by atoms with E-state index in [0.717, 1.165) is 22.5 Å². The van der Waals surface area contributed by atoms with Crippen molar-refractivity contribution >= 4 is 17.4 Å². The maximum Gasteiger partial charge on any atom is 0.232 e. The fourth-order valence-corrected chi connectivity index (χ4v) is 5.10. The Bertz CT molecular complexity index is 1120. The lowest BCUT2D eigenvalue weighted by atomic mass is 9.69. The fraction of sp³-hybridized carbons (Fsp3) is 0.407. The highest BCUT2D eigenvalue weighted by molar-refractivity contribution is 6.08. The van der Waals surface area contributed by atoms with Gasteiger partial charge in [0.05, 0.1) is 27.0 Å². The van der Waals surface area contributed by atoms with Crippen LogP contribution in [0.4, 0.5) is 5.69 Å². The van der Waals surface area contributed by atoms with E-state index in [0.29, 0.717) is 35.7 Å². The molecule has 1 amide bonds. The Morgan fingerprint density at radius 1 is 0.939 bits per heavy atom. The molecule has 6 nitrogen and oxygen atoms in total.